The molecule has 0 saturated carbocycles. The molecule has 1 aromatic carbocycles. The van der Waals surface area contributed by atoms with Crippen molar-refractivity contribution in [2.24, 2.45) is 0 Å². The van der Waals surface area contributed by atoms with Gasteiger partial charge in [0.2, 0.25) is 0 Å². The first-order valence-corrected chi connectivity index (χ1v) is 13.4. The molecule has 0 saturated heterocycles. The number of anilines is 1. The van der Waals surface area contributed by atoms with Crippen molar-refractivity contribution >= 4 is 58.5 Å². The van der Waals surface area contributed by atoms with E-state index in [-0.39, 0.29) is 36.4 Å². The van der Waals surface area contributed by atoms with E-state index in [2.05, 4.69) is 4.98 Å². The zero-order valence-corrected chi connectivity index (χ0v) is 23.0. The first-order valence-electron chi connectivity index (χ1n) is 11.6. The van der Waals surface area contributed by atoms with Crippen LogP contribution in [0.2, 0.25) is 10.0 Å². The number of hydrogen-bond donors (Lipinski definition) is 0. The zero-order chi connectivity index (χ0) is 26.8. The van der Waals surface area contributed by atoms with E-state index in [1.807, 2.05) is 6.07 Å². The van der Waals surface area contributed by atoms with Crippen LogP contribution in [-0.2, 0) is 35.1 Å². The second-order valence-electron chi connectivity index (χ2n) is 8.14. The molecule has 0 spiro atoms. The van der Waals surface area contributed by atoms with Crippen LogP contribution in [0.25, 0.3) is 0 Å². The number of hydrogen-bond acceptors (Lipinski definition) is 8. The van der Waals surface area contributed by atoms with E-state index in [0.717, 1.165) is 18.4 Å². The summed E-state index contributed by atoms with van der Waals surface area (Å²) in [6.45, 7) is 0.524. The molecule has 1 aliphatic rings. The van der Waals surface area contributed by atoms with Gasteiger partial charge in [0.25, 0.3) is 5.91 Å². The van der Waals surface area contributed by atoms with Crippen LogP contribution in [0.15, 0.2) is 52.7 Å². The molecule has 0 unspecified atom stereocenters. The third-order valence-corrected chi connectivity index (χ3v) is 7.42. The summed E-state index contributed by atoms with van der Waals surface area (Å²) in [5.74, 6) is -1.24. The zero-order valence-electron chi connectivity index (χ0n) is 20.6. The maximum atomic E-state index is 14.1. The van der Waals surface area contributed by atoms with Gasteiger partial charge in [0, 0.05) is 35.5 Å². The highest BCUT2D eigenvalue weighted by molar-refractivity contribution is 8.00. The molecule has 0 aliphatic heterocycles. The highest BCUT2D eigenvalue weighted by Gasteiger charge is 2.30. The first-order chi connectivity index (χ1) is 17.8. The van der Waals surface area contributed by atoms with Crippen molar-refractivity contribution in [3.05, 3.63) is 63.4 Å². The largest absolute Gasteiger partial charge is 0.468 e. The second-order valence-corrected chi connectivity index (χ2v) is 9.98. The van der Waals surface area contributed by atoms with Crippen molar-refractivity contribution in [1.82, 2.24) is 4.98 Å². The van der Waals surface area contributed by atoms with Gasteiger partial charge in [0.05, 0.1) is 41.7 Å². The number of thioether (sulfide) groups is 1. The van der Waals surface area contributed by atoms with Crippen LogP contribution < -0.4 is 4.90 Å². The smallest absolute Gasteiger partial charge is 0.334 e. The van der Waals surface area contributed by atoms with E-state index in [0.29, 0.717) is 39.6 Å². The van der Waals surface area contributed by atoms with Crippen molar-refractivity contribution in [3.63, 3.8) is 0 Å². The van der Waals surface area contributed by atoms with Crippen molar-refractivity contribution in [3.8, 4) is 0 Å². The predicted octanol–water partition coefficient (Wildman–Crippen LogP) is 5.25. The Morgan fingerprint density at radius 2 is 1.81 bits per heavy atom. The molecule has 0 bridgehead atoms. The van der Waals surface area contributed by atoms with E-state index in [1.165, 1.54) is 36.9 Å². The number of methoxy groups -OCH3 is 2. The normalized spacial score (nSPS) is 13.3. The molecule has 37 heavy (non-hydrogen) atoms. The van der Waals surface area contributed by atoms with Crippen LogP contribution in [-0.4, -0.2) is 56.0 Å². The molecule has 2 aromatic rings. The van der Waals surface area contributed by atoms with Gasteiger partial charge in [-0.2, -0.15) is 0 Å². The molecule has 0 radical (unpaired) electrons. The average molecular weight is 567 g/mol. The summed E-state index contributed by atoms with van der Waals surface area (Å²) in [6.07, 6.45) is 5.74. The summed E-state index contributed by atoms with van der Waals surface area (Å²) < 4.78 is 15.0. The highest BCUT2D eigenvalue weighted by atomic mass is 35.5. The van der Waals surface area contributed by atoms with E-state index in [9.17, 15) is 14.4 Å². The molecule has 8 nitrogen and oxygen atoms in total. The molecule has 11 heteroatoms. The molecule has 0 N–H and O–H groups in total. The van der Waals surface area contributed by atoms with Gasteiger partial charge in [-0.05, 0) is 49.4 Å². The van der Waals surface area contributed by atoms with E-state index in [4.69, 9.17) is 37.4 Å². The lowest BCUT2D eigenvalue weighted by atomic mass is 9.90. The van der Waals surface area contributed by atoms with E-state index in [1.54, 1.807) is 24.5 Å². The number of benzene rings is 1. The minimum Gasteiger partial charge on any atom is -0.468 e. The fourth-order valence-electron chi connectivity index (χ4n) is 3.81. The van der Waals surface area contributed by atoms with Gasteiger partial charge in [-0.1, -0.05) is 29.3 Å². The summed E-state index contributed by atoms with van der Waals surface area (Å²) in [7, 11) is 2.83. The Morgan fingerprint density at radius 3 is 2.49 bits per heavy atom. The minimum atomic E-state index is -0.516. The predicted molar refractivity (Wildman–Crippen MR) is 143 cm³/mol. The minimum absolute atomic E-state index is 0.0382. The summed E-state index contributed by atoms with van der Waals surface area (Å²) in [6, 6.07) is 6.83. The third kappa shape index (κ3) is 7.95. The number of amides is 1. The molecular weight excluding hydrogens is 539 g/mol. The number of carbonyl (C=O) groups excluding carboxylic acids is 3. The molecule has 0 fully saturated rings. The van der Waals surface area contributed by atoms with Crippen LogP contribution >= 0.6 is 35.0 Å². The number of aromatic nitrogens is 1. The number of esters is 2. The highest BCUT2D eigenvalue weighted by Crippen LogP contribution is 2.39. The molecule has 1 aromatic heterocycles. The monoisotopic (exact) mass is 566 g/mol. The fraction of sp³-hybridized carbons (Fsp3) is 0.385. The third-order valence-electron chi connectivity index (χ3n) is 5.67. The van der Waals surface area contributed by atoms with Crippen LogP contribution in [0.4, 0.5) is 5.69 Å². The lowest BCUT2D eigenvalue weighted by Crippen LogP contribution is -2.34. The van der Waals surface area contributed by atoms with E-state index < -0.39 is 11.9 Å². The van der Waals surface area contributed by atoms with E-state index >= 15 is 0 Å². The van der Waals surface area contributed by atoms with Gasteiger partial charge in [0.1, 0.15) is 6.61 Å². The number of ether oxygens (including phenoxy) is 3. The fourth-order valence-corrected chi connectivity index (χ4v) is 5.24. The van der Waals surface area contributed by atoms with Crippen molar-refractivity contribution in [2.45, 2.75) is 37.1 Å². The lowest BCUT2D eigenvalue weighted by Gasteiger charge is -2.28. The number of carbonyl (C=O) groups is 3. The maximum absolute atomic E-state index is 14.1. The van der Waals surface area contributed by atoms with Crippen molar-refractivity contribution in [2.75, 3.05) is 38.1 Å². The average Bonchev–Trinajstić information content (AvgIpc) is 2.91. The summed E-state index contributed by atoms with van der Waals surface area (Å²) >= 11 is 14.2. The second kappa shape index (κ2) is 14.4. The summed E-state index contributed by atoms with van der Waals surface area (Å²) in [4.78, 5) is 44.8. The quantitative estimate of drug-likeness (QED) is 0.207. The standard InChI is InChI=1S/C26H28Cl2N2O6S/c1-34-10-11-36-26(33)19-8-4-3-7-18(19)25(32)30(15-17-6-5-9-29-14-17)22-13-23(21(28)12-20(22)27)37-16-24(31)35-2/h5-6,9,12-14H,3-4,7-8,10-11,15-16H2,1-2H3. The van der Waals surface area contributed by atoms with Gasteiger partial charge in [-0.25, -0.2) is 4.79 Å². The Bertz CT molecular complexity index is 1160. The molecule has 1 amide bonds. The SMILES string of the molecule is COCCOC(=O)C1=C(C(=O)N(Cc2cccnc2)c2cc(SCC(=O)OC)c(Cl)cc2Cl)CCCC1. The molecule has 0 atom stereocenters. The Kier molecular flexibility index (Phi) is 11.3. The van der Waals surface area contributed by atoms with Crippen molar-refractivity contribution in [1.29, 1.82) is 0 Å². The van der Waals surface area contributed by atoms with Gasteiger partial charge in [0.15, 0.2) is 0 Å². The van der Waals surface area contributed by atoms with Crippen molar-refractivity contribution < 1.29 is 28.6 Å². The number of halogens is 2. The number of rotatable bonds is 11. The Balaban J connectivity index is 2.03. The molecule has 198 valence electrons. The van der Waals surface area contributed by atoms with Gasteiger partial charge < -0.3 is 19.1 Å². The van der Waals surface area contributed by atoms with Crippen LogP contribution in [0.3, 0.4) is 0 Å². The van der Waals surface area contributed by atoms with Crippen LogP contribution in [0.5, 0.6) is 0 Å². The van der Waals surface area contributed by atoms with Gasteiger partial charge in [-0.3, -0.25) is 14.6 Å². The van der Waals surface area contributed by atoms with Crippen LogP contribution in [0.1, 0.15) is 31.2 Å². The molecule has 1 heterocycles. The Labute approximate surface area is 230 Å². The topological polar surface area (TPSA) is 95.0 Å². The molecule has 3 rings (SSSR count). The number of pyridine rings is 1. The molecule has 1 aliphatic carbocycles. The first kappa shape index (κ1) is 29.0. The maximum Gasteiger partial charge on any atom is 0.334 e. The Hall–Kier alpha value is -2.59. The number of nitrogens with zero attached hydrogens (tertiary/aromatic N) is 2. The van der Waals surface area contributed by atoms with Crippen LogP contribution in [0, 0.1) is 0 Å². The van der Waals surface area contributed by atoms with Gasteiger partial charge in [-0.15, -0.1) is 11.8 Å². The summed E-state index contributed by atoms with van der Waals surface area (Å²) in [5, 5.41) is 0.598. The van der Waals surface area contributed by atoms with Gasteiger partial charge >= 0.3 is 11.9 Å². The molecular formula is C26H28Cl2N2O6S. The lowest BCUT2D eigenvalue weighted by molar-refractivity contribution is -0.141. The Morgan fingerprint density at radius 1 is 1.05 bits per heavy atom. The summed E-state index contributed by atoms with van der Waals surface area (Å²) in [5.41, 5.74) is 1.94.